The molecule has 6 rings (SSSR count). The maximum absolute atomic E-state index is 13.2. The van der Waals surface area contributed by atoms with E-state index in [4.69, 9.17) is 0 Å². The standard InChI is InChI=1S/C29H17F6NS2/c1-16-2-6-19(7-3-16)36-22-8-4-17(24-10-12-26(37-24)28(30,31)32)14-20(22)21-15-18(5-9-23(21)36)25-11-13-27(38-25)29(33,34)35/h2-15H,1H3. The summed E-state index contributed by atoms with van der Waals surface area (Å²) in [5.41, 5.74) is 4.97. The highest BCUT2D eigenvalue weighted by atomic mass is 32.1. The molecule has 1 nitrogen and oxygen atoms in total. The second-order valence-electron chi connectivity index (χ2n) is 8.96. The van der Waals surface area contributed by atoms with E-state index in [-0.39, 0.29) is 0 Å². The van der Waals surface area contributed by atoms with Crippen molar-refractivity contribution in [2.45, 2.75) is 19.3 Å². The Hall–Kier alpha value is -3.56. The molecular weight excluding hydrogens is 540 g/mol. The van der Waals surface area contributed by atoms with Crippen LogP contribution >= 0.6 is 22.7 Å². The van der Waals surface area contributed by atoms with Gasteiger partial charge >= 0.3 is 12.4 Å². The molecule has 0 aliphatic heterocycles. The van der Waals surface area contributed by atoms with Crippen molar-refractivity contribution in [3.05, 3.63) is 100 Å². The smallest absolute Gasteiger partial charge is 0.309 e. The summed E-state index contributed by atoms with van der Waals surface area (Å²) >= 11 is 1.36. The van der Waals surface area contributed by atoms with Crippen LogP contribution in [0.1, 0.15) is 15.3 Å². The molecule has 192 valence electrons. The summed E-state index contributed by atoms with van der Waals surface area (Å²) in [7, 11) is 0. The number of alkyl halides is 6. The van der Waals surface area contributed by atoms with Crippen LogP contribution in [0.3, 0.4) is 0 Å². The average molecular weight is 558 g/mol. The van der Waals surface area contributed by atoms with Crippen LogP contribution in [0.15, 0.2) is 84.9 Å². The van der Waals surface area contributed by atoms with Crippen LogP contribution in [0, 0.1) is 6.92 Å². The normalized spacial score (nSPS) is 12.6. The molecule has 0 aliphatic rings. The lowest BCUT2D eigenvalue weighted by Gasteiger charge is -2.09. The van der Waals surface area contributed by atoms with E-state index in [1.807, 2.05) is 55.5 Å². The SMILES string of the molecule is Cc1ccc(-n2c3ccc(-c4ccc(C(F)(F)F)s4)cc3c3cc(-c4ccc(C(F)(F)F)s4)ccc32)cc1. The molecule has 0 N–H and O–H groups in total. The van der Waals surface area contributed by atoms with Crippen molar-refractivity contribution in [3.8, 4) is 26.6 Å². The predicted octanol–water partition coefficient (Wildman–Crippen LogP) is 10.6. The third kappa shape index (κ3) is 4.29. The van der Waals surface area contributed by atoms with Gasteiger partial charge in [0.25, 0.3) is 0 Å². The van der Waals surface area contributed by atoms with Crippen molar-refractivity contribution in [3.63, 3.8) is 0 Å². The van der Waals surface area contributed by atoms with Crippen LogP contribution in [0.4, 0.5) is 26.3 Å². The highest BCUT2D eigenvalue weighted by Gasteiger charge is 2.33. The summed E-state index contributed by atoms with van der Waals surface area (Å²) in [5, 5.41) is 1.60. The van der Waals surface area contributed by atoms with Crippen molar-refractivity contribution in [1.82, 2.24) is 4.57 Å². The van der Waals surface area contributed by atoms with Crippen molar-refractivity contribution in [2.24, 2.45) is 0 Å². The predicted molar refractivity (Wildman–Crippen MR) is 142 cm³/mol. The zero-order valence-electron chi connectivity index (χ0n) is 19.6. The van der Waals surface area contributed by atoms with E-state index in [2.05, 4.69) is 4.57 Å². The number of fused-ring (bicyclic) bond motifs is 3. The quantitative estimate of drug-likeness (QED) is 0.191. The fraction of sp³-hybridized carbons (Fsp3) is 0.103. The molecule has 38 heavy (non-hydrogen) atoms. The summed E-state index contributed by atoms with van der Waals surface area (Å²) in [4.78, 5) is -0.371. The molecule has 3 aromatic carbocycles. The zero-order chi connectivity index (χ0) is 26.8. The molecule has 0 saturated heterocycles. The maximum Gasteiger partial charge on any atom is 0.425 e. The minimum atomic E-state index is -4.42. The van der Waals surface area contributed by atoms with E-state index in [1.165, 1.54) is 12.1 Å². The lowest BCUT2D eigenvalue weighted by molar-refractivity contribution is -0.135. The number of benzene rings is 3. The molecule has 0 bridgehead atoms. The van der Waals surface area contributed by atoms with Gasteiger partial charge in [-0.15, -0.1) is 22.7 Å². The molecule has 0 radical (unpaired) electrons. The maximum atomic E-state index is 13.2. The van der Waals surface area contributed by atoms with Crippen LogP contribution in [0.2, 0.25) is 0 Å². The van der Waals surface area contributed by atoms with Gasteiger partial charge in [-0.3, -0.25) is 0 Å². The third-order valence-electron chi connectivity index (χ3n) is 6.40. The highest BCUT2D eigenvalue weighted by Crippen LogP contribution is 2.43. The summed E-state index contributed by atoms with van der Waals surface area (Å²) in [5.74, 6) is 0. The molecule has 0 fully saturated rings. The van der Waals surface area contributed by atoms with Crippen LogP contribution < -0.4 is 0 Å². The largest absolute Gasteiger partial charge is 0.425 e. The second kappa shape index (κ2) is 8.74. The van der Waals surface area contributed by atoms with E-state index in [1.54, 1.807) is 12.1 Å². The number of nitrogens with zero attached hydrogens (tertiary/aromatic N) is 1. The van der Waals surface area contributed by atoms with Crippen LogP contribution in [0.25, 0.3) is 48.4 Å². The Morgan fingerprint density at radius 3 is 1.39 bits per heavy atom. The molecule has 3 aromatic heterocycles. The topological polar surface area (TPSA) is 4.93 Å². The Balaban J connectivity index is 1.58. The van der Waals surface area contributed by atoms with Crippen molar-refractivity contribution in [1.29, 1.82) is 0 Å². The number of aromatic nitrogens is 1. The molecule has 0 amide bonds. The van der Waals surface area contributed by atoms with Crippen molar-refractivity contribution < 1.29 is 26.3 Å². The first-order chi connectivity index (χ1) is 18.0. The van der Waals surface area contributed by atoms with E-state index in [9.17, 15) is 26.3 Å². The molecule has 0 aliphatic carbocycles. The molecule has 0 unspecified atom stereocenters. The fourth-order valence-corrected chi connectivity index (χ4v) is 6.33. The van der Waals surface area contributed by atoms with Gasteiger partial charge in [0.05, 0.1) is 11.0 Å². The Morgan fingerprint density at radius 1 is 0.553 bits per heavy atom. The second-order valence-corrected chi connectivity index (χ2v) is 11.1. The highest BCUT2D eigenvalue weighted by molar-refractivity contribution is 7.16. The van der Waals surface area contributed by atoms with E-state index in [0.29, 0.717) is 43.6 Å². The molecule has 6 aromatic rings. The number of aryl methyl sites for hydroxylation is 1. The van der Waals surface area contributed by atoms with Gasteiger partial charge in [0.15, 0.2) is 0 Å². The van der Waals surface area contributed by atoms with Crippen LogP contribution in [-0.4, -0.2) is 4.57 Å². The molecule has 0 spiro atoms. The van der Waals surface area contributed by atoms with E-state index < -0.39 is 22.1 Å². The van der Waals surface area contributed by atoms with E-state index in [0.717, 1.165) is 45.2 Å². The molecule has 0 saturated carbocycles. The van der Waals surface area contributed by atoms with Gasteiger partial charge in [-0.1, -0.05) is 29.8 Å². The lowest BCUT2D eigenvalue weighted by Crippen LogP contribution is -2.00. The average Bonchev–Trinajstić information content (AvgIpc) is 3.61. The number of hydrogen-bond acceptors (Lipinski definition) is 2. The first kappa shape index (κ1) is 24.8. The van der Waals surface area contributed by atoms with Gasteiger partial charge in [-0.05, 0) is 78.7 Å². The number of rotatable bonds is 3. The van der Waals surface area contributed by atoms with Gasteiger partial charge in [0, 0.05) is 26.2 Å². The molecular formula is C29H17F6NS2. The zero-order valence-corrected chi connectivity index (χ0v) is 21.2. The Kier molecular flexibility index (Phi) is 5.70. The number of hydrogen-bond donors (Lipinski definition) is 0. The van der Waals surface area contributed by atoms with E-state index >= 15 is 0 Å². The lowest BCUT2D eigenvalue weighted by atomic mass is 10.1. The first-order valence-electron chi connectivity index (χ1n) is 11.5. The summed E-state index contributed by atoms with van der Waals surface area (Å²) in [6.07, 6.45) is -8.83. The summed E-state index contributed by atoms with van der Waals surface area (Å²) in [6, 6.07) is 24.1. The Labute approximate surface area is 221 Å². The molecule has 0 atom stereocenters. The molecule has 3 heterocycles. The minimum absolute atomic E-state index is 0.486. The van der Waals surface area contributed by atoms with Gasteiger partial charge in [0.2, 0.25) is 0 Å². The van der Waals surface area contributed by atoms with Gasteiger partial charge in [-0.2, -0.15) is 26.3 Å². The van der Waals surface area contributed by atoms with Gasteiger partial charge in [0.1, 0.15) is 9.75 Å². The van der Waals surface area contributed by atoms with Crippen molar-refractivity contribution in [2.75, 3.05) is 0 Å². The third-order valence-corrected chi connectivity index (χ3v) is 8.76. The van der Waals surface area contributed by atoms with Gasteiger partial charge < -0.3 is 4.57 Å². The monoisotopic (exact) mass is 557 g/mol. The summed E-state index contributed by atoms with van der Waals surface area (Å²) < 4.78 is 81.4. The Bertz CT molecular complexity index is 1690. The van der Waals surface area contributed by atoms with Crippen molar-refractivity contribution >= 4 is 44.5 Å². The summed E-state index contributed by atoms with van der Waals surface area (Å²) in [6.45, 7) is 1.99. The first-order valence-corrected chi connectivity index (χ1v) is 13.1. The number of thiophene rings is 2. The van der Waals surface area contributed by atoms with Gasteiger partial charge in [-0.25, -0.2) is 0 Å². The Morgan fingerprint density at radius 2 is 1.00 bits per heavy atom. The van der Waals surface area contributed by atoms with Crippen LogP contribution in [-0.2, 0) is 12.4 Å². The minimum Gasteiger partial charge on any atom is -0.309 e. The number of halogens is 6. The fourth-order valence-electron chi connectivity index (χ4n) is 4.59. The molecule has 9 heteroatoms. The van der Waals surface area contributed by atoms with Crippen LogP contribution in [0.5, 0.6) is 0 Å².